The van der Waals surface area contributed by atoms with Crippen LogP contribution in [0.5, 0.6) is 11.5 Å². The molecule has 0 spiro atoms. The van der Waals surface area contributed by atoms with Gasteiger partial charge in [0.25, 0.3) is 0 Å². The lowest BCUT2D eigenvalue weighted by Gasteiger charge is -2.25. The molecule has 2 aromatic rings. The van der Waals surface area contributed by atoms with Crippen molar-refractivity contribution in [2.45, 2.75) is 52.4 Å². The molecule has 0 aliphatic carbocycles. The predicted octanol–water partition coefficient (Wildman–Crippen LogP) is 5.44. The zero-order valence-corrected chi connectivity index (χ0v) is 15.4. The lowest BCUT2D eigenvalue weighted by molar-refractivity contribution is 0.403. The minimum Gasteiger partial charge on any atom is -0.504 e. The maximum absolute atomic E-state index is 9.90. The number of hydrogen-bond acceptors (Lipinski definition) is 3. The Morgan fingerprint density at radius 1 is 0.833 bits per heavy atom. The Kier molecular flexibility index (Phi) is 4.75. The molecule has 24 heavy (non-hydrogen) atoms. The first-order valence-electron chi connectivity index (χ1n) is 8.19. The number of hydrogen-bond donors (Lipinski definition) is 2. The molecular weight excluding hydrogens is 298 g/mol. The van der Waals surface area contributed by atoms with Crippen molar-refractivity contribution in [1.82, 2.24) is 0 Å². The van der Waals surface area contributed by atoms with E-state index in [0.717, 1.165) is 5.69 Å². The van der Waals surface area contributed by atoms with Crippen molar-refractivity contribution < 1.29 is 10.2 Å². The van der Waals surface area contributed by atoms with E-state index in [1.54, 1.807) is 18.3 Å². The van der Waals surface area contributed by atoms with Crippen LogP contribution in [0.25, 0.3) is 0 Å². The largest absolute Gasteiger partial charge is 0.504 e. The first kappa shape index (κ1) is 18.1. The standard InChI is InChI=1S/C21H27NO2/c1-20(2,3)15-10-16(21(4,5)6)12-17(11-15)22-13-14-8-7-9-18(23)19(14)24/h7-13,23-24H,1-6H3. The minimum atomic E-state index is -0.149. The van der Waals surface area contributed by atoms with E-state index in [0.29, 0.717) is 5.56 Å². The van der Waals surface area contributed by atoms with Crippen molar-refractivity contribution in [2.75, 3.05) is 0 Å². The van der Waals surface area contributed by atoms with Gasteiger partial charge >= 0.3 is 0 Å². The Balaban J connectivity index is 2.50. The molecule has 0 heterocycles. The second kappa shape index (κ2) is 6.31. The Labute approximate surface area is 144 Å². The van der Waals surface area contributed by atoms with Gasteiger partial charge in [-0.3, -0.25) is 4.99 Å². The molecule has 0 amide bonds. The van der Waals surface area contributed by atoms with Crippen LogP contribution >= 0.6 is 0 Å². The lowest BCUT2D eigenvalue weighted by atomic mass is 9.80. The summed E-state index contributed by atoms with van der Waals surface area (Å²) in [4.78, 5) is 4.53. The summed E-state index contributed by atoms with van der Waals surface area (Å²) in [6, 6.07) is 11.2. The summed E-state index contributed by atoms with van der Waals surface area (Å²) in [5, 5.41) is 19.5. The highest BCUT2D eigenvalue weighted by Crippen LogP contribution is 2.33. The summed E-state index contributed by atoms with van der Waals surface area (Å²) in [6.07, 6.45) is 1.59. The van der Waals surface area contributed by atoms with E-state index in [-0.39, 0.29) is 22.3 Å². The van der Waals surface area contributed by atoms with Crippen molar-refractivity contribution in [2.24, 2.45) is 4.99 Å². The van der Waals surface area contributed by atoms with Crippen LogP contribution in [-0.4, -0.2) is 16.4 Å². The topological polar surface area (TPSA) is 52.8 Å². The molecule has 0 saturated carbocycles. The third kappa shape index (κ3) is 4.16. The monoisotopic (exact) mass is 325 g/mol. The molecule has 0 fully saturated rings. The van der Waals surface area contributed by atoms with Crippen molar-refractivity contribution in [1.29, 1.82) is 0 Å². The molecule has 2 rings (SSSR count). The number of phenols is 2. The quantitative estimate of drug-likeness (QED) is 0.570. The Morgan fingerprint density at radius 3 is 1.88 bits per heavy atom. The van der Waals surface area contributed by atoms with E-state index in [4.69, 9.17) is 0 Å². The molecule has 2 aromatic carbocycles. The summed E-state index contributed by atoms with van der Waals surface area (Å²) < 4.78 is 0. The van der Waals surface area contributed by atoms with Gasteiger partial charge in [-0.25, -0.2) is 0 Å². The summed E-state index contributed by atoms with van der Waals surface area (Å²) >= 11 is 0. The Bertz CT molecular complexity index is 730. The number of phenolic OH excluding ortho intramolecular Hbond substituents is 2. The van der Waals surface area contributed by atoms with Crippen LogP contribution in [0.4, 0.5) is 5.69 Å². The van der Waals surface area contributed by atoms with Crippen LogP contribution in [0.1, 0.15) is 58.2 Å². The first-order valence-corrected chi connectivity index (χ1v) is 8.19. The van der Waals surface area contributed by atoms with Crippen LogP contribution < -0.4 is 0 Å². The van der Waals surface area contributed by atoms with Gasteiger partial charge < -0.3 is 10.2 Å². The molecule has 0 aliphatic heterocycles. The van der Waals surface area contributed by atoms with Crippen LogP contribution in [0.3, 0.4) is 0 Å². The molecule has 0 aliphatic rings. The zero-order valence-electron chi connectivity index (χ0n) is 15.4. The van der Waals surface area contributed by atoms with Crippen LogP contribution in [-0.2, 0) is 10.8 Å². The molecule has 0 bridgehead atoms. The van der Waals surface area contributed by atoms with E-state index in [9.17, 15) is 10.2 Å². The molecule has 0 saturated heterocycles. The molecule has 2 N–H and O–H groups in total. The van der Waals surface area contributed by atoms with Gasteiger partial charge in [0.05, 0.1) is 5.69 Å². The third-order valence-corrected chi connectivity index (χ3v) is 4.05. The second-order valence-corrected chi connectivity index (χ2v) is 8.24. The van der Waals surface area contributed by atoms with E-state index >= 15 is 0 Å². The molecule has 128 valence electrons. The Hall–Kier alpha value is -2.29. The van der Waals surface area contributed by atoms with Gasteiger partial charge in [0.15, 0.2) is 11.5 Å². The SMILES string of the molecule is CC(C)(C)c1cc(N=Cc2cccc(O)c2O)cc(C(C)(C)C)c1. The van der Waals surface area contributed by atoms with E-state index in [2.05, 4.69) is 64.7 Å². The number of benzene rings is 2. The van der Waals surface area contributed by atoms with Gasteiger partial charge in [0, 0.05) is 11.8 Å². The molecule has 0 aromatic heterocycles. The van der Waals surface area contributed by atoms with Crippen LogP contribution in [0, 0.1) is 0 Å². The maximum atomic E-state index is 9.90. The zero-order chi connectivity index (χ0) is 18.1. The Morgan fingerprint density at radius 2 is 1.38 bits per heavy atom. The van der Waals surface area contributed by atoms with E-state index in [1.165, 1.54) is 17.2 Å². The lowest BCUT2D eigenvalue weighted by Crippen LogP contribution is -2.16. The number of nitrogens with zero attached hydrogens (tertiary/aromatic N) is 1. The highest BCUT2D eigenvalue weighted by atomic mass is 16.3. The van der Waals surface area contributed by atoms with Crippen LogP contribution in [0.15, 0.2) is 41.4 Å². The molecule has 0 atom stereocenters. The predicted molar refractivity (Wildman–Crippen MR) is 101 cm³/mol. The molecule has 0 radical (unpaired) electrons. The van der Waals surface area contributed by atoms with Crippen molar-refractivity contribution in [3.8, 4) is 11.5 Å². The molecule has 3 heteroatoms. The molecule has 3 nitrogen and oxygen atoms in total. The van der Waals surface area contributed by atoms with Gasteiger partial charge in [-0.05, 0) is 46.2 Å². The fourth-order valence-corrected chi connectivity index (χ4v) is 2.35. The average Bonchev–Trinajstić information content (AvgIpc) is 2.47. The molecule has 0 unspecified atom stereocenters. The van der Waals surface area contributed by atoms with Gasteiger partial charge in [0.2, 0.25) is 0 Å². The smallest absolute Gasteiger partial charge is 0.166 e. The van der Waals surface area contributed by atoms with Crippen LogP contribution in [0.2, 0.25) is 0 Å². The number of rotatable bonds is 2. The highest BCUT2D eigenvalue weighted by molar-refractivity contribution is 5.86. The van der Waals surface area contributed by atoms with Gasteiger partial charge in [0.1, 0.15) is 0 Å². The third-order valence-electron chi connectivity index (χ3n) is 4.05. The highest BCUT2D eigenvalue weighted by Gasteiger charge is 2.20. The first-order chi connectivity index (χ1) is 11.0. The number of aromatic hydroxyl groups is 2. The van der Waals surface area contributed by atoms with Crippen molar-refractivity contribution in [3.05, 3.63) is 53.1 Å². The minimum absolute atomic E-state index is 0.0265. The normalized spacial score (nSPS) is 12.8. The van der Waals surface area contributed by atoms with E-state index < -0.39 is 0 Å². The fourth-order valence-electron chi connectivity index (χ4n) is 2.35. The summed E-state index contributed by atoms with van der Waals surface area (Å²) in [5.74, 6) is -0.290. The number of para-hydroxylation sites is 1. The van der Waals surface area contributed by atoms with E-state index in [1.807, 2.05) is 0 Å². The van der Waals surface area contributed by atoms with Crippen molar-refractivity contribution in [3.63, 3.8) is 0 Å². The summed E-state index contributed by atoms with van der Waals surface area (Å²) in [7, 11) is 0. The van der Waals surface area contributed by atoms with Crippen molar-refractivity contribution >= 4 is 11.9 Å². The maximum Gasteiger partial charge on any atom is 0.166 e. The summed E-state index contributed by atoms with van der Waals surface area (Å²) in [5.41, 5.74) is 3.84. The van der Waals surface area contributed by atoms with Gasteiger partial charge in [-0.1, -0.05) is 53.7 Å². The van der Waals surface area contributed by atoms with Gasteiger partial charge in [-0.15, -0.1) is 0 Å². The average molecular weight is 325 g/mol. The fraction of sp³-hybridized carbons (Fsp3) is 0.381. The number of aliphatic imine (C=N–C) groups is 1. The molecular formula is C21H27NO2. The second-order valence-electron chi connectivity index (χ2n) is 8.24. The summed E-state index contributed by atoms with van der Waals surface area (Å²) in [6.45, 7) is 13.1. The van der Waals surface area contributed by atoms with Gasteiger partial charge in [-0.2, -0.15) is 0 Å².